The second-order valence-corrected chi connectivity index (χ2v) is 6.73. The van der Waals surface area contributed by atoms with Crippen LogP contribution >= 0.6 is 0 Å². The van der Waals surface area contributed by atoms with E-state index in [-0.39, 0.29) is 6.03 Å². The molecule has 5 heteroatoms. The molecule has 5 nitrogen and oxygen atoms in total. The normalized spacial score (nSPS) is 19.4. The number of urea groups is 1. The van der Waals surface area contributed by atoms with Gasteiger partial charge in [0, 0.05) is 31.9 Å². The zero-order valence-corrected chi connectivity index (χ0v) is 14.0. The van der Waals surface area contributed by atoms with Gasteiger partial charge in [-0.05, 0) is 56.5 Å². The number of benzene rings is 1. The van der Waals surface area contributed by atoms with E-state index in [4.69, 9.17) is 4.74 Å². The molecule has 1 aromatic carbocycles. The molecule has 2 fully saturated rings. The molecule has 0 spiro atoms. The molecular weight excluding hydrogens is 290 g/mol. The van der Waals surface area contributed by atoms with Gasteiger partial charge in [-0.2, -0.15) is 0 Å². The molecule has 1 N–H and O–H groups in total. The number of hydrogen-bond acceptors (Lipinski definition) is 3. The molecule has 23 heavy (non-hydrogen) atoms. The minimum absolute atomic E-state index is 0.00338. The van der Waals surface area contributed by atoms with Gasteiger partial charge in [-0.1, -0.05) is 12.1 Å². The van der Waals surface area contributed by atoms with Crippen LogP contribution in [0.1, 0.15) is 24.8 Å². The van der Waals surface area contributed by atoms with Crippen LogP contribution in [0.3, 0.4) is 0 Å². The minimum Gasteiger partial charge on any atom is -0.376 e. The van der Waals surface area contributed by atoms with E-state index < -0.39 is 0 Å². The fraction of sp³-hybridized carbons (Fsp3) is 0.611. The number of rotatable bonds is 5. The standard InChI is InChI=1S/C18H27N3O2/c1-20-8-3-9-21(11-10-20)18(22)19-17-5-2-4-16(12-17)14-23-13-15-6-7-15/h2,4-5,12,15H,3,6-11,13-14H2,1H3,(H,19,22). The molecule has 0 bridgehead atoms. The van der Waals surface area contributed by atoms with Gasteiger partial charge in [-0.25, -0.2) is 4.79 Å². The van der Waals surface area contributed by atoms with E-state index in [1.165, 1.54) is 12.8 Å². The van der Waals surface area contributed by atoms with Crippen LogP contribution in [-0.2, 0) is 11.3 Å². The number of carbonyl (C=O) groups is 1. The molecular formula is C18H27N3O2. The number of hydrogen-bond donors (Lipinski definition) is 1. The molecule has 1 saturated heterocycles. The van der Waals surface area contributed by atoms with E-state index in [0.29, 0.717) is 6.61 Å². The van der Waals surface area contributed by atoms with Gasteiger partial charge in [0.15, 0.2) is 0 Å². The Morgan fingerprint density at radius 1 is 1.26 bits per heavy atom. The van der Waals surface area contributed by atoms with E-state index in [9.17, 15) is 4.79 Å². The Hall–Kier alpha value is -1.59. The highest BCUT2D eigenvalue weighted by molar-refractivity contribution is 5.89. The Labute approximate surface area is 138 Å². The van der Waals surface area contributed by atoms with Gasteiger partial charge >= 0.3 is 6.03 Å². The number of carbonyl (C=O) groups excluding carboxylic acids is 1. The van der Waals surface area contributed by atoms with Gasteiger partial charge in [0.25, 0.3) is 0 Å². The summed E-state index contributed by atoms with van der Waals surface area (Å²) in [6.45, 7) is 5.07. The molecule has 1 aromatic rings. The molecule has 3 rings (SSSR count). The summed E-state index contributed by atoms with van der Waals surface area (Å²) in [6, 6.07) is 7.96. The molecule has 0 radical (unpaired) electrons. The maximum absolute atomic E-state index is 12.4. The van der Waals surface area contributed by atoms with Crippen LogP contribution in [0.4, 0.5) is 10.5 Å². The summed E-state index contributed by atoms with van der Waals surface area (Å²) in [5.74, 6) is 0.777. The average molecular weight is 317 g/mol. The second-order valence-electron chi connectivity index (χ2n) is 6.73. The van der Waals surface area contributed by atoms with Crippen molar-refractivity contribution < 1.29 is 9.53 Å². The first-order chi connectivity index (χ1) is 11.2. The smallest absolute Gasteiger partial charge is 0.321 e. The highest BCUT2D eigenvalue weighted by Gasteiger charge is 2.21. The molecule has 1 saturated carbocycles. The molecule has 0 unspecified atom stereocenters. The Balaban J connectivity index is 1.50. The van der Waals surface area contributed by atoms with Crippen molar-refractivity contribution in [3.05, 3.63) is 29.8 Å². The predicted molar refractivity (Wildman–Crippen MR) is 91.5 cm³/mol. The topological polar surface area (TPSA) is 44.8 Å². The summed E-state index contributed by atoms with van der Waals surface area (Å²) in [4.78, 5) is 16.6. The minimum atomic E-state index is -0.00338. The van der Waals surface area contributed by atoms with Crippen molar-refractivity contribution in [1.82, 2.24) is 9.80 Å². The summed E-state index contributed by atoms with van der Waals surface area (Å²) < 4.78 is 5.72. The summed E-state index contributed by atoms with van der Waals surface area (Å²) in [5, 5.41) is 3.02. The third kappa shape index (κ3) is 5.22. The Kier molecular flexibility index (Phi) is 5.51. The monoisotopic (exact) mass is 317 g/mol. The number of likely N-dealkylation sites (N-methyl/N-ethyl adjacent to an activating group) is 1. The largest absolute Gasteiger partial charge is 0.376 e. The Morgan fingerprint density at radius 3 is 2.96 bits per heavy atom. The van der Waals surface area contributed by atoms with Crippen LogP contribution in [0.15, 0.2) is 24.3 Å². The van der Waals surface area contributed by atoms with Gasteiger partial charge in [-0.3, -0.25) is 0 Å². The van der Waals surface area contributed by atoms with Crippen molar-refractivity contribution in [2.75, 3.05) is 45.2 Å². The van der Waals surface area contributed by atoms with Crippen LogP contribution in [0.5, 0.6) is 0 Å². The lowest BCUT2D eigenvalue weighted by molar-refractivity contribution is 0.111. The molecule has 126 valence electrons. The number of anilines is 1. The summed E-state index contributed by atoms with van der Waals surface area (Å²) in [7, 11) is 2.10. The molecule has 2 amide bonds. The SMILES string of the molecule is CN1CCCN(C(=O)Nc2cccc(COCC3CC3)c2)CC1. The van der Waals surface area contributed by atoms with E-state index in [1.54, 1.807) is 0 Å². The van der Waals surface area contributed by atoms with E-state index in [0.717, 1.165) is 56.4 Å². The van der Waals surface area contributed by atoms with Crippen molar-refractivity contribution in [2.24, 2.45) is 5.92 Å². The number of ether oxygens (including phenoxy) is 1. The Morgan fingerprint density at radius 2 is 2.13 bits per heavy atom. The third-order valence-corrected chi connectivity index (χ3v) is 4.50. The van der Waals surface area contributed by atoms with Crippen molar-refractivity contribution in [1.29, 1.82) is 0 Å². The van der Waals surface area contributed by atoms with Crippen LogP contribution in [0.2, 0.25) is 0 Å². The zero-order valence-electron chi connectivity index (χ0n) is 14.0. The zero-order chi connectivity index (χ0) is 16.1. The lowest BCUT2D eigenvalue weighted by Gasteiger charge is -2.21. The fourth-order valence-corrected chi connectivity index (χ4v) is 2.82. The number of nitrogens with one attached hydrogen (secondary N) is 1. The molecule has 0 atom stereocenters. The summed E-state index contributed by atoms with van der Waals surface area (Å²) in [5.41, 5.74) is 1.96. The average Bonchev–Trinajstić information content (AvgIpc) is 3.36. The van der Waals surface area contributed by atoms with E-state index in [2.05, 4.69) is 17.3 Å². The van der Waals surface area contributed by atoms with Crippen molar-refractivity contribution in [3.63, 3.8) is 0 Å². The fourth-order valence-electron chi connectivity index (χ4n) is 2.82. The summed E-state index contributed by atoms with van der Waals surface area (Å²) >= 11 is 0. The van der Waals surface area contributed by atoms with Gasteiger partial charge in [0.2, 0.25) is 0 Å². The number of nitrogens with zero attached hydrogens (tertiary/aromatic N) is 2. The van der Waals surface area contributed by atoms with E-state index in [1.807, 2.05) is 29.2 Å². The number of amides is 2. The Bertz CT molecular complexity index is 531. The first-order valence-electron chi connectivity index (χ1n) is 8.62. The lowest BCUT2D eigenvalue weighted by atomic mass is 10.2. The van der Waals surface area contributed by atoms with Crippen LogP contribution < -0.4 is 5.32 Å². The molecule has 1 heterocycles. The second kappa shape index (κ2) is 7.79. The molecule has 1 aliphatic heterocycles. The van der Waals surface area contributed by atoms with Crippen molar-refractivity contribution in [3.8, 4) is 0 Å². The lowest BCUT2D eigenvalue weighted by Crippen LogP contribution is -2.37. The van der Waals surface area contributed by atoms with E-state index >= 15 is 0 Å². The molecule has 0 aromatic heterocycles. The van der Waals surface area contributed by atoms with Crippen LogP contribution in [0.25, 0.3) is 0 Å². The quantitative estimate of drug-likeness (QED) is 0.908. The van der Waals surface area contributed by atoms with Gasteiger partial charge in [-0.15, -0.1) is 0 Å². The van der Waals surface area contributed by atoms with Crippen molar-refractivity contribution >= 4 is 11.7 Å². The third-order valence-electron chi connectivity index (χ3n) is 4.50. The molecule has 2 aliphatic rings. The first-order valence-corrected chi connectivity index (χ1v) is 8.62. The predicted octanol–water partition coefficient (Wildman–Crippen LogP) is 2.78. The van der Waals surface area contributed by atoms with Crippen molar-refractivity contribution in [2.45, 2.75) is 25.9 Å². The van der Waals surface area contributed by atoms with Gasteiger partial charge in [0.1, 0.15) is 0 Å². The van der Waals surface area contributed by atoms with Gasteiger partial charge < -0.3 is 19.9 Å². The van der Waals surface area contributed by atoms with Gasteiger partial charge in [0.05, 0.1) is 6.61 Å². The summed E-state index contributed by atoms with van der Waals surface area (Å²) in [6.07, 6.45) is 3.64. The highest BCUT2D eigenvalue weighted by atomic mass is 16.5. The first kappa shape index (κ1) is 16.3. The highest BCUT2D eigenvalue weighted by Crippen LogP contribution is 2.29. The maximum Gasteiger partial charge on any atom is 0.321 e. The molecule has 1 aliphatic carbocycles. The van der Waals surface area contributed by atoms with Crippen LogP contribution in [0, 0.1) is 5.92 Å². The van der Waals surface area contributed by atoms with Crippen LogP contribution in [-0.4, -0.2) is 55.7 Å². The maximum atomic E-state index is 12.4.